The molecule has 5 heteroatoms. The maximum absolute atomic E-state index is 5.19. The summed E-state index contributed by atoms with van der Waals surface area (Å²) in [6.45, 7) is 1.87. The summed E-state index contributed by atoms with van der Waals surface area (Å²) in [5.41, 5.74) is 4.18. The van der Waals surface area contributed by atoms with Gasteiger partial charge < -0.3 is 9.95 Å². The summed E-state index contributed by atoms with van der Waals surface area (Å²) in [5.74, 6) is 6.52. The first-order chi connectivity index (χ1) is 6.79. The lowest BCUT2D eigenvalue weighted by Crippen LogP contribution is -2.07. The molecule has 0 aliphatic rings. The number of aromatic nitrogens is 2. The highest BCUT2D eigenvalue weighted by Gasteiger charge is 2.03. The summed E-state index contributed by atoms with van der Waals surface area (Å²) in [7, 11) is 0. The second kappa shape index (κ2) is 3.47. The molecule has 14 heavy (non-hydrogen) atoms. The SMILES string of the molecule is Cc1cc(-c2ccc(NN)nc2)on1. The molecular formula is C9H10N4O. The van der Waals surface area contributed by atoms with E-state index in [1.807, 2.05) is 19.1 Å². The molecule has 2 aromatic heterocycles. The van der Waals surface area contributed by atoms with E-state index in [0.717, 1.165) is 11.3 Å². The van der Waals surface area contributed by atoms with Gasteiger partial charge in [0.25, 0.3) is 0 Å². The van der Waals surface area contributed by atoms with E-state index >= 15 is 0 Å². The molecule has 0 unspecified atom stereocenters. The Bertz CT molecular complexity index is 421. The fraction of sp³-hybridized carbons (Fsp3) is 0.111. The normalized spacial score (nSPS) is 10.1. The van der Waals surface area contributed by atoms with Gasteiger partial charge in [0.2, 0.25) is 0 Å². The van der Waals surface area contributed by atoms with Gasteiger partial charge in [-0.05, 0) is 19.1 Å². The third kappa shape index (κ3) is 1.57. The molecule has 2 aromatic rings. The van der Waals surface area contributed by atoms with Crippen LogP contribution in [0.2, 0.25) is 0 Å². The summed E-state index contributed by atoms with van der Waals surface area (Å²) < 4.78 is 5.08. The molecule has 3 N–H and O–H groups in total. The summed E-state index contributed by atoms with van der Waals surface area (Å²) in [6.07, 6.45) is 1.68. The van der Waals surface area contributed by atoms with Crippen LogP contribution in [0.25, 0.3) is 11.3 Å². The number of nitrogens with one attached hydrogen (secondary N) is 1. The molecule has 0 aromatic carbocycles. The maximum atomic E-state index is 5.19. The van der Waals surface area contributed by atoms with Crippen molar-refractivity contribution in [1.29, 1.82) is 0 Å². The van der Waals surface area contributed by atoms with E-state index in [-0.39, 0.29) is 0 Å². The number of aryl methyl sites for hydroxylation is 1. The van der Waals surface area contributed by atoms with Crippen LogP contribution >= 0.6 is 0 Å². The number of nitrogen functional groups attached to an aromatic ring is 1. The fourth-order valence-corrected chi connectivity index (χ4v) is 1.12. The van der Waals surface area contributed by atoms with Crippen molar-refractivity contribution < 1.29 is 4.52 Å². The van der Waals surface area contributed by atoms with Gasteiger partial charge in [0.15, 0.2) is 5.76 Å². The molecule has 0 aliphatic heterocycles. The van der Waals surface area contributed by atoms with Crippen molar-refractivity contribution in [3.63, 3.8) is 0 Å². The second-order valence-corrected chi connectivity index (χ2v) is 2.91. The van der Waals surface area contributed by atoms with Gasteiger partial charge in [0, 0.05) is 17.8 Å². The molecular weight excluding hydrogens is 180 g/mol. The van der Waals surface area contributed by atoms with Crippen molar-refractivity contribution in [2.24, 2.45) is 5.84 Å². The molecule has 0 bridgehead atoms. The lowest BCUT2D eigenvalue weighted by Gasteiger charge is -1.98. The van der Waals surface area contributed by atoms with E-state index in [4.69, 9.17) is 10.4 Å². The Hall–Kier alpha value is -1.88. The van der Waals surface area contributed by atoms with E-state index in [1.54, 1.807) is 12.3 Å². The Morgan fingerprint density at radius 1 is 1.43 bits per heavy atom. The summed E-state index contributed by atoms with van der Waals surface area (Å²) in [6, 6.07) is 5.49. The van der Waals surface area contributed by atoms with Gasteiger partial charge in [0.1, 0.15) is 5.82 Å². The van der Waals surface area contributed by atoms with Crippen LogP contribution in [0.4, 0.5) is 5.82 Å². The van der Waals surface area contributed by atoms with Crippen LogP contribution < -0.4 is 11.3 Å². The molecule has 72 valence electrons. The minimum Gasteiger partial charge on any atom is -0.356 e. The highest BCUT2D eigenvalue weighted by atomic mass is 16.5. The smallest absolute Gasteiger partial charge is 0.168 e. The number of anilines is 1. The zero-order valence-electron chi connectivity index (χ0n) is 7.69. The fourth-order valence-electron chi connectivity index (χ4n) is 1.12. The van der Waals surface area contributed by atoms with Crippen LogP contribution in [0, 0.1) is 6.92 Å². The highest BCUT2D eigenvalue weighted by molar-refractivity contribution is 5.57. The molecule has 0 radical (unpaired) electrons. The third-order valence-corrected chi connectivity index (χ3v) is 1.82. The number of nitrogens with zero attached hydrogens (tertiary/aromatic N) is 2. The average Bonchev–Trinajstić information content (AvgIpc) is 2.65. The van der Waals surface area contributed by atoms with Crippen molar-refractivity contribution in [1.82, 2.24) is 10.1 Å². The lowest BCUT2D eigenvalue weighted by atomic mass is 10.2. The van der Waals surface area contributed by atoms with Gasteiger partial charge in [0.05, 0.1) is 5.69 Å². The zero-order valence-corrected chi connectivity index (χ0v) is 7.69. The first-order valence-electron chi connectivity index (χ1n) is 4.16. The van der Waals surface area contributed by atoms with Crippen LogP contribution in [0.5, 0.6) is 0 Å². The highest BCUT2D eigenvalue weighted by Crippen LogP contribution is 2.19. The van der Waals surface area contributed by atoms with E-state index in [1.165, 1.54) is 0 Å². The molecule has 2 heterocycles. The molecule has 0 fully saturated rings. The predicted octanol–water partition coefficient (Wildman–Crippen LogP) is 1.33. The molecule has 5 nitrogen and oxygen atoms in total. The van der Waals surface area contributed by atoms with E-state index in [9.17, 15) is 0 Å². The molecule has 0 atom stereocenters. The third-order valence-electron chi connectivity index (χ3n) is 1.82. The van der Waals surface area contributed by atoms with Gasteiger partial charge in [-0.15, -0.1) is 0 Å². The lowest BCUT2D eigenvalue weighted by molar-refractivity contribution is 0.427. The first-order valence-corrected chi connectivity index (χ1v) is 4.16. The molecule has 0 saturated heterocycles. The van der Waals surface area contributed by atoms with Crippen LogP contribution in [-0.4, -0.2) is 10.1 Å². The number of pyridine rings is 1. The summed E-state index contributed by atoms with van der Waals surface area (Å²) in [5, 5.41) is 3.79. The van der Waals surface area contributed by atoms with E-state index < -0.39 is 0 Å². The van der Waals surface area contributed by atoms with Crippen LogP contribution in [0.3, 0.4) is 0 Å². The quantitative estimate of drug-likeness (QED) is 0.551. The number of nitrogens with two attached hydrogens (primary N) is 1. The Balaban J connectivity index is 2.33. The Morgan fingerprint density at radius 3 is 2.79 bits per heavy atom. The summed E-state index contributed by atoms with van der Waals surface area (Å²) in [4.78, 5) is 4.06. The minimum atomic E-state index is 0.616. The average molecular weight is 190 g/mol. The first kappa shape index (κ1) is 8.71. The molecule has 2 rings (SSSR count). The number of hydrazine groups is 1. The topological polar surface area (TPSA) is 77.0 Å². The van der Waals surface area contributed by atoms with E-state index in [2.05, 4.69) is 15.6 Å². The Labute approximate surface area is 80.9 Å². The van der Waals surface area contributed by atoms with Gasteiger partial charge in [-0.25, -0.2) is 10.8 Å². The van der Waals surface area contributed by atoms with Crippen molar-refractivity contribution in [2.75, 3.05) is 5.43 Å². The van der Waals surface area contributed by atoms with Crippen molar-refractivity contribution in [3.05, 3.63) is 30.1 Å². The van der Waals surface area contributed by atoms with Gasteiger partial charge >= 0.3 is 0 Å². The molecule has 0 amide bonds. The largest absolute Gasteiger partial charge is 0.356 e. The van der Waals surface area contributed by atoms with Crippen molar-refractivity contribution >= 4 is 5.82 Å². The predicted molar refractivity (Wildman–Crippen MR) is 52.3 cm³/mol. The van der Waals surface area contributed by atoms with Crippen LogP contribution in [0.1, 0.15) is 5.69 Å². The standard InChI is InChI=1S/C9H10N4O/c1-6-4-8(14-13-6)7-2-3-9(12-10)11-5-7/h2-5H,10H2,1H3,(H,11,12). The van der Waals surface area contributed by atoms with Gasteiger partial charge in [-0.2, -0.15) is 0 Å². The molecule has 0 spiro atoms. The monoisotopic (exact) mass is 190 g/mol. The Morgan fingerprint density at radius 2 is 2.29 bits per heavy atom. The molecule has 0 saturated carbocycles. The second-order valence-electron chi connectivity index (χ2n) is 2.91. The van der Waals surface area contributed by atoms with Crippen molar-refractivity contribution in [3.8, 4) is 11.3 Å². The minimum absolute atomic E-state index is 0.616. The van der Waals surface area contributed by atoms with Crippen LogP contribution in [0.15, 0.2) is 28.9 Å². The number of hydrogen-bond donors (Lipinski definition) is 2. The summed E-state index contributed by atoms with van der Waals surface area (Å²) >= 11 is 0. The van der Waals surface area contributed by atoms with Crippen molar-refractivity contribution in [2.45, 2.75) is 6.92 Å². The zero-order chi connectivity index (χ0) is 9.97. The number of rotatable bonds is 2. The van der Waals surface area contributed by atoms with E-state index in [0.29, 0.717) is 11.6 Å². The maximum Gasteiger partial charge on any atom is 0.168 e. The number of hydrogen-bond acceptors (Lipinski definition) is 5. The molecule has 0 aliphatic carbocycles. The van der Waals surface area contributed by atoms with Crippen LogP contribution in [-0.2, 0) is 0 Å². The van der Waals surface area contributed by atoms with Gasteiger partial charge in [-0.3, -0.25) is 0 Å². The van der Waals surface area contributed by atoms with Gasteiger partial charge in [-0.1, -0.05) is 5.16 Å². The Kier molecular flexibility index (Phi) is 2.16.